The molecule has 0 bridgehead atoms. The summed E-state index contributed by atoms with van der Waals surface area (Å²) >= 11 is 6.05. The number of halogens is 1. The topological polar surface area (TPSA) is 38.0 Å². The van der Waals surface area contributed by atoms with Crippen molar-refractivity contribution in [1.82, 2.24) is 5.32 Å². The van der Waals surface area contributed by atoms with Crippen LogP contribution >= 0.6 is 11.6 Å². The normalized spacial score (nSPS) is 13.4. The van der Waals surface area contributed by atoms with Crippen molar-refractivity contribution in [3.05, 3.63) is 101 Å². The molecule has 0 saturated carbocycles. The summed E-state index contributed by atoms with van der Waals surface area (Å²) in [7, 11) is 0. The Labute approximate surface area is 148 Å². The van der Waals surface area contributed by atoms with Gasteiger partial charge in [0.2, 0.25) is 0 Å². The first-order valence-corrected chi connectivity index (χ1v) is 8.43. The van der Waals surface area contributed by atoms with Gasteiger partial charge >= 0.3 is 0 Å². The predicted octanol–water partition coefficient (Wildman–Crippen LogP) is 5.36. The fourth-order valence-electron chi connectivity index (χ4n) is 2.87. The third kappa shape index (κ3) is 3.97. The summed E-state index contributed by atoms with van der Waals surface area (Å²) in [4.78, 5) is 0. The highest BCUT2D eigenvalue weighted by atomic mass is 35.5. The zero-order valence-corrected chi connectivity index (χ0v) is 14.4. The van der Waals surface area contributed by atoms with Crippen LogP contribution in [0.3, 0.4) is 0 Å². The van der Waals surface area contributed by atoms with Crippen LogP contribution in [0, 0.1) is 0 Å². The van der Waals surface area contributed by atoms with Crippen molar-refractivity contribution in [1.29, 1.82) is 0 Å². The molecular weight excluding hydrogens is 316 g/mol. The van der Waals surface area contributed by atoms with Crippen LogP contribution in [-0.2, 0) is 0 Å². The second-order valence-electron chi connectivity index (χ2n) is 5.95. The molecule has 3 rings (SSSR count). The molecule has 122 valence electrons. The maximum absolute atomic E-state index is 6.05. The Morgan fingerprint density at radius 2 is 1.46 bits per heavy atom. The van der Waals surface area contributed by atoms with E-state index in [1.54, 1.807) is 0 Å². The molecule has 1 unspecified atom stereocenters. The predicted molar refractivity (Wildman–Crippen MR) is 102 cm³/mol. The van der Waals surface area contributed by atoms with E-state index in [4.69, 9.17) is 17.3 Å². The number of hydrogen-bond donors (Lipinski definition) is 2. The van der Waals surface area contributed by atoms with E-state index < -0.39 is 0 Å². The summed E-state index contributed by atoms with van der Waals surface area (Å²) < 4.78 is 0. The SMILES string of the molecule is C[C@@H](NC(c1ccc(Cl)cc1)c1cccc(N)c1)c1ccccc1. The molecule has 3 N–H and O–H groups in total. The quantitative estimate of drug-likeness (QED) is 0.615. The number of nitrogens with one attached hydrogen (secondary N) is 1. The summed E-state index contributed by atoms with van der Waals surface area (Å²) in [5.74, 6) is 0. The zero-order chi connectivity index (χ0) is 16.9. The summed E-state index contributed by atoms with van der Waals surface area (Å²) in [6.45, 7) is 2.17. The molecule has 3 heteroatoms. The molecule has 0 fully saturated rings. The van der Waals surface area contributed by atoms with Crippen LogP contribution in [0.2, 0.25) is 5.02 Å². The van der Waals surface area contributed by atoms with Crippen LogP contribution in [-0.4, -0.2) is 0 Å². The van der Waals surface area contributed by atoms with Crippen LogP contribution in [0.15, 0.2) is 78.9 Å². The molecule has 0 heterocycles. The first-order chi connectivity index (χ1) is 11.6. The number of benzene rings is 3. The molecule has 2 nitrogen and oxygen atoms in total. The highest BCUT2D eigenvalue weighted by Gasteiger charge is 2.17. The van der Waals surface area contributed by atoms with Crippen molar-refractivity contribution in [2.45, 2.75) is 19.0 Å². The lowest BCUT2D eigenvalue weighted by Gasteiger charge is -2.25. The molecule has 0 aromatic heterocycles. The minimum absolute atomic E-state index is 0.0426. The van der Waals surface area contributed by atoms with E-state index in [2.05, 4.69) is 54.7 Å². The van der Waals surface area contributed by atoms with Gasteiger partial charge in [-0.3, -0.25) is 5.32 Å². The standard InChI is InChI=1S/C21H21ClN2/c1-15(16-6-3-2-4-7-16)24-21(17-10-12-19(22)13-11-17)18-8-5-9-20(23)14-18/h2-15,21,24H,23H2,1H3/t15-,21?/m1/s1. The number of rotatable bonds is 5. The number of nitrogens with two attached hydrogens (primary N) is 1. The number of anilines is 1. The molecule has 3 aromatic carbocycles. The van der Waals surface area contributed by atoms with E-state index in [1.807, 2.05) is 36.4 Å². The third-order valence-electron chi connectivity index (χ3n) is 4.16. The zero-order valence-electron chi connectivity index (χ0n) is 13.6. The minimum atomic E-state index is 0.0426. The largest absolute Gasteiger partial charge is 0.399 e. The van der Waals surface area contributed by atoms with E-state index in [0.29, 0.717) is 0 Å². The smallest absolute Gasteiger partial charge is 0.0582 e. The summed E-state index contributed by atoms with van der Waals surface area (Å²) in [6.07, 6.45) is 0. The molecule has 0 aliphatic heterocycles. The van der Waals surface area contributed by atoms with Gasteiger partial charge in [0.15, 0.2) is 0 Å². The number of nitrogen functional groups attached to an aromatic ring is 1. The van der Waals surface area contributed by atoms with E-state index in [1.165, 1.54) is 5.56 Å². The van der Waals surface area contributed by atoms with Gasteiger partial charge in [-0.2, -0.15) is 0 Å². The maximum atomic E-state index is 6.05. The van der Waals surface area contributed by atoms with Crippen LogP contribution in [0.5, 0.6) is 0 Å². The molecule has 2 atom stereocenters. The highest BCUT2D eigenvalue weighted by Crippen LogP contribution is 2.28. The van der Waals surface area contributed by atoms with Crippen molar-refractivity contribution in [3.63, 3.8) is 0 Å². The summed E-state index contributed by atoms with van der Waals surface area (Å²) in [5, 5.41) is 4.45. The molecule has 0 saturated heterocycles. The van der Waals surface area contributed by atoms with Crippen LogP contribution < -0.4 is 11.1 Å². The van der Waals surface area contributed by atoms with E-state index in [9.17, 15) is 0 Å². The molecular formula is C21H21ClN2. The molecule has 24 heavy (non-hydrogen) atoms. The van der Waals surface area contributed by atoms with Gasteiger partial charge in [-0.1, -0.05) is 66.2 Å². The summed E-state index contributed by atoms with van der Waals surface area (Å²) in [6, 6.07) is 26.6. The second kappa shape index (κ2) is 7.52. The molecule has 0 radical (unpaired) electrons. The van der Waals surface area contributed by atoms with Gasteiger partial charge in [0.05, 0.1) is 6.04 Å². The molecule has 0 amide bonds. The Morgan fingerprint density at radius 3 is 2.12 bits per heavy atom. The summed E-state index contributed by atoms with van der Waals surface area (Å²) in [5.41, 5.74) is 10.3. The van der Waals surface area contributed by atoms with Gasteiger partial charge in [-0.15, -0.1) is 0 Å². The Balaban J connectivity index is 1.94. The fourth-order valence-corrected chi connectivity index (χ4v) is 2.99. The van der Waals surface area contributed by atoms with Crippen molar-refractivity contribution >= 4 is 17.3 Å². The lowest BCUT2D eigenvalue weighted by molar-refractivity contribution is 0.516. The van der Waals surface area contributed by atoms with Gasteiger partial charge in [-0.25, -0.2) is 0 Å². The minimum Gasteiger partial charge on any atom is -0.399 e. The lowest BCUT2D eigenvalue weighted by atomic mass is 9.96. The van der Waals surface area contributed by atoms with E-state index in [-0.39, 0.29) is 12.1 Å². The van der Waals surface area contributed by atoms with Crippen molar-refractivity contribution < 1.29 is 0 Å². The fraction of sp³-hybridized carbons (Fsp3) is 0.143. The Hall–Kier alpha value is -2.29. The third-order valence-corrected chi connectivity index (χ3v) is 4.42. The van der Waals surface area contributed by atoms with Crippen LogP contribution in [0.1, 0.15) is 35.7 Å². The average Bonchev–Trinajstić information content (AvgIpc) is 2.61. The van der Waals surface area contributed by atoms with Crippen LogP contribution in [0.25, 0.3) is 0 Å². The Bertz CT molecular complexity index is 784. The Kier molecular flexibility index (Phi) is 5.19. The van der Waals surface area contributed by atoms with Crippen LogP contribution in [0.4, 0.5) is 5.69 Å². The molecule has 3 aromatic rings. The molecule has 0 aliphatic rings. The van der Waals surface area contributed by atoms with E-state index >= 15 is 0 Å². The van der Waals surface area contributed by atoms with Gasteiger partial charge in [0, 0.05) is 16.8 Å². The van der Waals surface area contributed by atoms with Crippen molar-refractivity contribution in [2.24, 2.45) is 0 Å². The van der Waals surface area contributed by atoms with E-state index in [0.717, 1.165) is 21.8 Å². The number of hydrogen-bond acceptors (Lipinski definition) is 2. The lowest BCUT2D eigenvalue weighted by Crippen LogP contribution is -2.25. The second-order valence-corrected chi connectivity index (χ2v) is 6.39. The first kappa shape index (κ1) is 16.6. The molecule has 0 aliphatic carbocycles. The maximum Gasteiger partial charge on any atom is 0.0582 e. The Morgan fingerprint density at radius 1 is 0.792 bits per heavy atom. The van der Waals surface area contributed by atoms with Gasteiger partial charge < -0.3 is 5.73 Å². The average molecular weight is 337 g/mol. The van der Waals surface area contributed by atoms with Gasteiger partial charge in [0.1, 0.15) is 0 Å². The van der Waals surface area contributed by atoms with Crippen molar-refractivity contribution in [3.8, 4) is 0 Å². The molecule has 0 spiro atoms. The van der Waals surface area contributed by atoms with Gasteiger partial charge in [-0.05, 0) is 47.9 Å². The highest BCUT2D eigenvalue weighted by molar-refractivity contribution is 6.30. The monoisotopic (exact) mass is 336 g/mol. The first-order valence-electron chi connectivity index (χ1n) is 8.05. The van der Waals surface area contributed by atoms with Crippen molar-refractivity contribution in [2.75, 3.05) is 5.73 Å². The van der Waals surface area contributed by atoms with Gasteiger partial charge in [0.25, 0.3) is 0 Å².